The lowest BCUT2D eigenvalue weighted by atomic mass is 10.1. The molecule has 76 valence electrons. The van der Waals surface area contributed by atoms with Crippen LogP contribution in [0.15, 0.2) is 12.1 Å². The van der Waals surface area contributed by atoms with Crippen LogP contribution in [0.1, 0.15) is 15.9 Å². The molecule has 0 aromatic heterocycles. The first kappa shape index (κ1) is 10.5. The first-order valence-corrected chi connectivity index (χ1v) is 3.47. The van der Waals surface area contributed by atoms with Gasteiger partial charge < -0.3 is 5.73 Å². The van der Waals surface area contributed by atoms with Crippen LogP contribution in [-0.2, 0) is 6.18 Å². The van der Waals surface area contributed by atoms with Gasteiger partial charge >= 0.3 is 6.18 Å². The number of carbonyl (C=O) groups is 1. The summed E-state index contributed by atoms with van der Waals surface area (Å²) in [6.45, 7) is 0. The summed E-state index contributed by atoms with van der Waals surface area (Å²) in [6, 6.07) is 0.903. The molecule has 0 saturated heterocycles. The van der Waals surface area contributed by atoms with Gasteiger partial charge in [0.15, 0.2) is 6.29 Å². The van der Waals surface area contributed by atoms with E-state index in [1.807, 2.05) is 0 Å². The largest absolute Gasteiger partial charge is 0.418 e. The van der Waals surface area contributed by atoms with E-state index in [4.69, 9.17) is 5.73 Å². The van der Waals surface area contributed by atoms with Crippen LogP contribution in [0.25, 0.3) is 0 Å². The quantitative estimate of drug-likeness (QED) is 0.436. The predicted octanol–water partition coefficient (Wildman–Crippen LogP) is 2.24. The van der Waals surface area contributed by atoms with Gasteiger partial charge in [0, 0.05) is 5.56 Å². The number of alkyl halides is 3. The highest BCUT2D eigenvalue weighted by Crippen LogP contribution is 2.35. The summed E-state index contributed by atoms with van der Waals surface area (Å²) in [4.78, 5) is 10.2. The second-order valence-electron chi connectivity index (χ2n) is 2.57. The Balaban J connectivity index is 3.44. The van der Waals surface area contributed by atoms with Crippen LogP contribution in [0.2, 0.25) is 0 Å². The molecule has 14 heavy (non-hydrogen) atoms. The Morgan fingerprint density at radius 2 is 1.86 bits per heavy atom. The number of halogens is 4. The van der Waals surface area contributed by atoms with Gasteiger partial charge in [-0.25, -0.2) is 4.39 Å². The maximum Gasteiger partial charge on any atom is 0.418 e. The van der Waals surface area contributed by atoms with Crippen molar-refractivity contribution >= 4 is 12.0 Å². The Morgan fingerprint density at radius 1 is 1.29 bits per heavy atom. The van der Waals surface area contributed by atoms with E-state index in [1.165, 1.54) is 0 Å². The van der Waals surface area contributed by atoms with Crippen molar-refractivity contribution in [1.82, 2.24) is 0 Å². The highest BCUT2D eigenvalue weighted by atomic mass is 19.4. The summed E-state index contributed by atoms with van der Waals surface area (Å²) >= 11 is 0. The standard InChI is InChI=1S/C8H5F4NO/c9-5-1-4(3-14)7(13)6(2-5)8(10,11)12/h1-3H,13H2. The van der Waals surface area contributed by atoms with Gasteiger partial charge in [-0.15, -0.1) is 0 Å². The van der Waals surface area contributed by atoms with Crippen LogP contribution in [0.4, 0.5) is 23.2 Å². The first-order valence-electron chi connectivity index (χ1n) is 3.47. The molecule has 0 fully saturated rings. The van der Waals surface area contributed by atoms with Gasteiger partial charge in [-0.3, -0.25) is 4.79 Å². The molecule has 0 amide bonds. The third-order valence-corrected chi connectivity index (χ3v) is 1.61. The Morgan fingerprint density at radius 3 is 2.29 bits per heavy atom. The summed E-state index contributed by atoms with van der Waals surface area (Å²) in [5, 5.41) is 0. The van der Waals surface area contributed by atoms with Crippen molar-refractivity contribution < 1.29 is 22.4 Å². The number of carbonyl (C=O) groups excluding carboxylic acids is 1. The van der Waals surface area contributed by atoms with E-state index in [0.29, 0.717) is 6.07 Å². The minimum absolute atomic E-state index is 0.0770. The van der Waals surface area contributed by atoms with Gasteiger partial charge in [0.2, 0.25) is 0 Å². The van der Waals surface area contributed by atoms with Crippen LogP contribution >= 0.6 is 0 Å². The molecule has 1 rings (SSSR count). The molecule has 0 spiro atoms. The number of nitrogen functional groups attached to an aromatic ring is 1. The monoisotopic (exact) mass is 207 g/mol. The maximum atomic E-state index is 12.6. The molecule has 1 aromatic carbocycles. The highest BCUT2D eigenvalue weighted by molar-refractivity contribution is 5.84. The van der Waals surface area contributed by atoms with E-state index in [-0.39, 0.29) is 12.4 Å². The van der Waals surface area contributed by atoms with E-state index >= 15 is 0 Å². The van der Waals surface area contributed by atoms with Crippen molar-refractivity contribution in [1.29, 1.82) is 0 Å². The van der Waals surface area contributed by atoms with Crippen LogP contribution < -0.4 is 5.73 Å². The van der Waals surface area contributed by atoms with Gasteiger partial charge in [0.25, 0.3) is 0 Å². The molecule has 0 unspecified atom stereocenters. The normalized spacial score (nSPS) is 11.4. The molecule has 0 aliphatic carbocycles. The number of rotatable bonds is 1. The van der Waals surface area contributed by atoms with Crippen molar-refractivity contribution in [3.63, 3.8) is 0 Å². The van der Waals surface area contributed by atoms with Gasteiger partial charge in [-0.05, 0) is 12.1 Å². The topological polar surface area (TPSA) is 43.1 Å². The third kappa shape index (κ3) is 1.84. The summed E-state index contributed by atoms with van der Waals surface area (Å²) in [5.74, 6) is -1.14. The van der Waals surface area contributed by atoms with Crippen LogP contribution in [-0.4, -0.2) is 6.29 Å². The van der Waals surface area contributed by atoms with Crippen LogP contribution in [0.5, 0.6) is 0 Å². The average Bonchev–Trinajstić information content (AvgIpc) is 2.06. The molecule has 1 aromatic rings. The van der Waals surface area contributed by atoms with Crippen molar-refractivity contribution in [2.45, 2.75) is 6.18 Å². The zero-order valence-corrected chi connectivity index (χ0v) is 6.73. The fraction of sp³-hybridized carbons (Fsp3) is 0.125. The van der Waals surface area contributed by atoms with E-state index in [2.05, 4.69) is 0 Å². The van der Waals surface area contributed by atoms with Gasteiger partial charge in [0.05, 0.1) is 11.3 Å². The minimum atomic E-state index is -4.76. The minimum Gasteiger partial charge on any atom is -0.398 e. The molecular weight excluding hydrogens is 202 g/mol. The van der Waals surface area contributed by atoms with Crippen molar-refractivity contribution in [2.24, 2.45) is 0 Å². The number of anilines is 1. The number of hydrogen-bond donors (Lipinski definition) is 1. The summed E-state index contributed by atoms with van der Waals surface area (Å²) in [5.41, 5.74) is 2.44. The van der Waals surface area contributed by atoms with E-state index in [0.717, 1.165) is 0 Å². The average molecular weight is 207 g/mol. The fourth-order valence-corrected chi connectivity index (χ4v) is 0.971. The van der Waals surface area contributed by atoms with Crippen LogP contribution in [0, 0.1) is 5.82 Å². The first-order chi connectivity index (χ1) is 6.36. The molecule has 0 bridgehead atoms. The fourth-order valence-electron chi connectivity index (χ4n) is 0.971. The van der Waals surface area contributed by atoms with Gasteiger partial charge in [0.1, 0.15) is 5.82 Å². The summed E-state index contributed by atoms with van der Waals surface area (Å²) in [6.07, 6.45) is -4.68. The molecule has 0 heterocycles. The Kier molecular flexibility index (Phi) is 2.46. The number of hydrogen-bond acceptors (Lipinski definition) is 2. The Bertz CT molecular complexity index is 372. The lowest BCUT2D eigenvalue weighted by Gasteiger charge is -2.11. The molecule has 0 saturated carbocycles. The SMILES string of the molecule is Nc1c(C=O)cc(F)cc1C(F)(F)F. The van der Waals surface area contributed by atoms with Crippen molar-refractivity contribution in [3.8, 4) is 0 Å². The molecule has 6 heteroatoms. The number of aldehydes is 1. The summed E-state index contributed by atoms with van der Waals surface area (Å²) in [7, 11) is 0. The molecular formula is C8H5F4NO. The number of nitrogens with two attached hydrogens (primary N) is 1. The molecule has 0 radical (unpaired) electrons. The number of benzene rings is 1. The van der Waals surface area contributed by atoms with Crippen molar-refractivity contribution in [3.05, 3.63) is 29.1 Å². The molecule has 0 aliphatic rings. The van der Waals surface area contributed by atoms with Crippen LogP contribution in [0.3, 0.4) is 0 Å². The highest BCUT2D eigenvalue weighted by Gasteiger charge is 2.34. The second kappa shape index (κ2) is 3.28. The Labute approximate surface area is 76.3 Å². The molecule has 2 N–H and O–H groups in total. The van der Waals surface area contributed by atoms with E-state index in [1.54, 1.807) is 0 Å². The zero-order valence-electron chi connectivity index (χ0n) is 6.73. The molecule has 0 aliphatic heterocycles. The van der Waals surface area contributed by atoms with E-state index < -0.39 is 28.8 Å². The zero-order chi connectivity index (χ0) is 10.9. The van der Waals surface area contributed by atoms with Gasteiger partial charge in [-0.1, -0.05) is 0 Å². The maximum absolute atomic E-state index is 12.6. The van der Waals surface area contributed by atoms with E-state index in [9.17, 15) is 22.4 Å². The summed E-state index contributed by atoms with van der Waals surface area (Å²) < 4.78 is 49.2. The van der Waals surface area contributed by atoms with Crippen molar-refractivity contribution in [2.75, 3.05) is 5.73 Å². The molecule has 2 nitrogen and oxygen atoms in total. The predicted molar refractivity (Wildman–Crippen MR) is 41.2 cm³/mol. The molecule has 0 atom stereocenters. The lowest BCUT2D eigenvalue weighted by molar-refractivity contribution is -0.137. The Hall–Kier alpha value is -1.59. The second-order valence-corrected chi connectivity index (χ2v) is 2.57. The smallest absolute Gasteiger partial charge is 0.398 e. The third-order valence-electron chi connectivity index (χ3n) is 1.61. The lowest BCUT2D eigenvalue weighted by Crippen LogP contribution is -2.11. The van der Waals surface area contributed by atoms with Gasteiger partial charge in [-0.2, -0.15) is 13.2 Å².